The summed E-state index contributed by atoms with van der Waals surface area (Å²) < 4.78 is 0. The van der Waals surface area contributed by atoms with Crippen LogP contribution in [-0.4, -0.2) is 53.6 Å². The van der Waals surface area contributed by atoms with Crippen LogP contribution < -0.4 is 5.32 Å². The molecule has 0 aliphatic carbocycles. The number of aryl methyl sites for hydroxylation is 1. The molecule has 130 valence electrons. The van der Waals surface area contributed by atoms with Crippen molar-refractivity contribution in [2.45, 2.75) is 32.2 Å². The fourth-order valence-electron chi connectivity index (χ4n) is 2.75. The van der Waals surface area contributed by atoms with Crippen molar-refractivity contribution < 1.29 is 14.4 Å². The summed E-state index contributed by atoms with van der Waals surface area (Å²) in [6, 6.07) is 6.80. The SMILES string of the molecule is CSCC[C@@H](NC(=O)c1ccccc1C)C(=O)N1CCC(=O)CC1. The molecular formula is C18H24N2O3S. The van der Waals surface area contributed by atoms with E-state index >= 15 is 0 Å². The molecular weight excluding hydrogens is 324 g/mol. The first-order valence-electron chi connectivity index (χ1n) is 8.19. The van der Waals surface area contributed by atoms with Crippen molar-refractivity contribution in [2.24, 2.45) is 0 Å². The van der Waals surface area contributed by atoms with Gasteiger partial charge in [0.1, 0.15) is 11.8 Å². The number of hydrogen-bond acceptors (Lipinski definition) is 4. The Balaban J connectivity index is 2.07. The Morgan fingerprint density at radius 2 is 1.92 bits per heavy atom. The molecule has 1 aliphatic rings. The van der Waals surface area contributed by atoms with Gasteiger partial charge in [0, 0.05) is 31.5 Å². The lowest BCUT2D eigenvalue weighted by Gasteiger charge is -2.30. The van der Waals surface area contributed by atoms with Gasteiger partial charge in [0.2, 0.25) is 5.91 Å². The molecule has 5 nitrogen and oxygen atoms in total. The van der Waals surface area contributed by atoms with E-state index in [2.05, 4.69) is 5.32 Å². The lowest BCUT2D eigenvalue weighted by molar-refractivity contribution is -0.136. The van der Waals surface area contributed by atoms with Crippen molar-refractivity contribution in [3.05, 3.63) is 35.4 Å². The van der Waals surface area contributed by atoms with E-state index in [1.807, 2.05) is 31.4 Å². The second kappa shape index (κ2) is 8.87. The van der Waals surface area contributed by atoms with Gasteiger partial charge in [-0.25, -0.2) is 0 Å². The molecule has 1 heterocycles. The Hall–Kier alpha value is -1.82. The molecule has 0 bridgehead atoms. The Morgan fingerprint density at radius 1 is 1.25 bits per heavy atom. The number of carbonyl (C=O) groups excluding carboxylic acids is 3. The van der Waals surface area contributed by atoms with Crippen molar-refractivity contribution in [2.75, 3.05) is 25.1 Å². The highest BCUT2D eigenvalue weighted by Crippen LogP contribution is 2.13. The van der Waals surface area contributed by atoms with Gasteiger partial charge in [0.15, 0.2) is 0 Å². The highest BCUT2D eigenvalue weighted by molar-refractivity contribution is 7.98. The van der Waals surface area contributed by atoms with Crippen molar-refractivity contribution in [1.82, 2.24) is 10.2 Å². The fraction of sp³-hybridized carbons (Fsp3) is 0.500. The number of nitrogens with one attached hydrogen (secondary N) is 1. The van der Waals surface area contributed by atoms with Gasteiger partial charge in [-0.05, 0) is 37.0 Å². The van der Waals surface area contributed by atoms with Crippen molar-refractivity contribution >= 4 is 29.4 Å². The molecule has 1 saturated heterocycles. The average molecular weight is 348 g/mol. The number of likely N-dealkylation sites (tertiary alicyclic amines) is 1. The minimum Gasteiger partial charge on any atom is -0.340 e. The van der Waals surface area contributed by atoms with E-state index in [-0.39, 0.29) is 17.6 Å². The van der Waals surface area contributed by atoms with Crippen molar-refractivity contribution in [3.63, 3.8) is 0 Å². The predicted molar refractivity (Wildman–Crippen MR) is 96.3 cm³/mol. The van der Waals surface area contributed by atoms with Crippen molar-refractivity contribution in [1.29, 1.82) is 0 Å². The van der Waals surface area contributed by atoms with Crippen LogP contribution >= 0.6 is 11.8 Å². The molecule has 1 fully saturated rings. The molecule has 2 rings (SSSR count). The van der Waals surface area contributed by atoms with E-state index in [0.717, 1.165) is 11.3 Å². The first-order chi connectivity index (χ1) is 11.5. The van der Waals surface area contributed by atoms with Crippen LogP contribution in [0, 0.1) is 6.92 Å². The number of thioether (sulfide) groups is 1. The fourth-order valence-corrected chi connectivity index (χ4v) is 3.23. The number of hydrogen-bond donors (Lipinski definition) is 1. The van der Waals surface area contributed by atoms with Gasteiger partial charge >= 0.3 is 0 Å². The number of benzene rings is 1. The summed E-state index contributed by atoms with van der Waals surface area (Å²) in [4.78, 5) is 38.4. The number of ketones is 1. The van der Waals surface area contributed by atoms with Crippen LogP contribution in [0.3, 0.4) is 0 Å². The van der Waals surface area contributed by atoms with E-state index in [4.69, 9.17) is 0 Å². The number of nitrogens with zero attached hydrogens (tertiary/aromatic N) is 1. The number of Topliss-reactive ketones (excluding diaryl/α,β-unsaturated/α-hetero) is 1. The zero-order valence-electron chi connectivity index (χ0n) is 14.2. The minimum absolute atomic E-state index is 0.0847. The third kappa shape index (κ3) is 4.84. The third-order valence-corrected chi connectivity index (χ3v) is 4.88. The van der Waals surface area contributed by atoms with Gasteiger partial charge in [0.25, 0.3) is 5.91 Å². The summed E-state index contributed by atoms with van der Waals surface area (Å²) in [6.45, 7) is 2.78. The largest absolute Gasteiger partial charge is 0.340 e. The Kier molecular flexibility index (Phi) is 6.85. The summed E-state index contributed by atoms with van der Waals surface area (Å²) >= 11 is 1.64. The monoisotopic (exact) mass is 348 g/mol. The highest BCUT2D eigenvalue weighted by Gasteiger charge is 2.28. The Bertz CT molecular complexity index is 608. The van der Waals surface area contributed by atoms with Gasteiger partial charge in [-0.1, -0.05) is 18.2 Å². The second-order valence-electron chi connectivity index (χ2n) is 5.99. The average Bonchev–Trinajstić information content (AvgIpc) is 2.59. The van der Waals surface area contributed by atoms with E-state index in [9.17, 15) is 14.4 Å². The van der Waals surface area contributed by atoms with Crippen LogP contribution in [0.1, 0.15) is 35.2 Å². The van der Waals surface area contributed by atoms with Crippen LogP contribution in [0.4, 0.5) is 0 Å². The smallest absolute Gasteiger partial charge is 0.252 e. The molecule has 6 heteroatoms. The van der Waals surface area contributed by atoms with Crippen LogP contribution in [0.2, 0.25) is 0 Å². The van der Waals surface area contributed by atoms with Gasteiger partial charge in [-0.2, -0.15) is 11.8 Å². The summed E-state index contributed by atoms with van der Waals surface area (Å²) in [6.07, 6.45) is 3.38. The number of rotatable bonds is 6. The minimum atomic E-state index is -0.544. The van der Waals surface area contributed by atoms with Gasteiger partial charge < -0.3 is 10.2 Å². The van der Waals surface area contributed by atoms with Crippen LogP contribution in [-0.2, 0) is 9.59 Å². The molecule has 0 unspecified atom stereocenters. The third-order valence-electron chi connectivity index (χ3n) is 4.24. The Labute approximate surface area is 147 Å². The Morgan fingerprint density at radius 3 is 2.54 bits per heavy atom. The molecule has 0 aromatic heterocycles. The normalized spacial score (nSPS) is 15.9. The summed E-state index contributed by atoms with van der Waals surface area (Å²) in [5, 5.41) is 2.89. The van der Waals surface area contributed by atoms with Gasteiger partial charge in [-0.15, -0.1) is 0 Å². The molecule has 1 aromatic carbocycles. The number of piperidine rings is 1. The molecule has 1 aromatic rings. The lowest BCUT2D eigenvalue weighted by atomic mass is 10.1. The number of amides is 2. The summed E-state index contributed by atoms with van der Waals surface area (Å²) in [5.41, 5.74) is 1.47. The van der Waals surface area contributed by atoms with Gasteiger partial charge in [0.05, 0.1) is 0 Å². The molecule has 24 heavy (non-hydrogen) atoms. The van der Waals surface area contributed by atoms with Crippen molar-refractivity contribution in [3.8, 4) is 0 Å². The summed E-state index contributed by atoms with van der Waals surface area (Å²) in [7, 11) is 0. The topological polar surface area (TPSA) is 66.5 Å². The molecule has 1 atom stereocenters. The predicted octanol–water partition coefficient (Wildman–Crippen LogP) is 2.04. The maximum Gasteiger partial charge on any atom is 0.252 e. The molecule has 0 spiro atoms. The summed E-state index contributed by atoms with van der Waals surface area (Å²) in [5.74, 6) is 0.680. The lowest BCUT2D eigenvalue weighted by Crippen LogP contribution is -2.51. The zero-order valence-corrected chi connectivity index (χ0v) is 15.0. The molecule has 0 radical (unpaired) electrons. The first-order valence-corrected chi connectivity index (χ1v) is 9.58. The molecule has 1 aliphatic heterocycles. The first kappa shape index (κ1) is 18.5. The maximum atomic E-state index is 12.8. The molecule has 1 N–H and O–H groups in total. The molecule has 2 amide bonds. The van der Waals surface area contributed by atoms with Crippen LogP contribution in [0.5, 0.6) is 0 Å². The van der Waals surface area contributed by atoms with E-state index in [1.54, 1.807) is 22.7 Å². The van der Waals surface area contributed by atoms with E-state index < -0.39 is 6.04 Å². The quantitative estimate of drug-likeness (QED) is 0.854. The standard InChI is InChI=1S/C18H24N2O3S/c1-13-5-3-4-6-15(13)17(22)19-16(9-12-24-2)18(23)20-10-7-14(21)8-11-20/h3-6,16H,7-12H2,1-2H3,(H,19,22)/t16-/m1/s1. The van der Waals surface area contributed by atoms with Crippen LogP contribution in [0.25, 0.3) is 0 Å². The van der Waals surface area contributed by atoms with Gasteiger partial charge in [-0.3, -0.25) is 14.4 Å². The van der Waals surface area contributed by atoms with Crippen LogP contribution in [0.15, 0.2) is 24.3 Å². The zero-order chi connectivity index (χ0) is 17.5. The number of carbonyl (C=O) groups is 3. The maximum absolute atomic E-state index is 12.8. The molecule has 0 saturated carbocycles. The van der Waals surface area contributed by atoms with E-state index in [0.29, 0.717) is 37.9 Å². The van der Waals surface area contributed by atoms with E-state index in [1.165, 1.54) is 0 Å². The second-order valence-corrected chi connectivity index (χ2v) is 6.97. The highest BCUT2D eigenvalue weighted by atomic mass is 32.2.